The fraction of sp³-hybridized carbons (Fsp3) is 0.571. The van der Waals surface area contributed by atoms with Gasteiger partial charge in [-0.15, -0.1) is 0 Å². The minimum atomic E-state index is -4.29. The lowest BCUT2D eigenvalue weighted by atomic mass is 9.98. The zero-order valence-corrected chi connectivity index (χ0v) is 12.7. The van der Waals surface area contributed by atoms with E-state index in [4.69, 9.17) is 0 Å². The monoisotopic (exact) mass is 337 g/mol. The summed E-state index contributed by atoms with van der Waals surface area (Å²) in [4.78, 5) is 0. The minimum absolute atomic E-state index is 0.0526. The van der Waals surface area contributed by atoms with E-state index < -0.39 is 11.7 Å². The molecule has 1 N–H and O–H groups in total. The Labute approximate surface area is 120 Å². The van der Waals surface area contributed by atoms with Crippen molar-refractivity contribution in [1.82, 2.24) is 5.32 Å². The molecular weight excluding hydrogens is 319 g/mol. The smallest absolute Gasteiger partial charge is 0.313 e. The summed E-state index contributed by atoms with van der Waals surface area (Å²) in [5.74, 6) is 0. The Morgan fingerprint density at radius 3 is 2.47 bits per heavy atom. The van der Waals surface area contributed by atoms with E-state index in [0.717, 1.165) is 36.2 Å². The molecule has 19 heavy (non-hydrogen) atoms. The molecule has 1 rings (SSSR count). The van der Waals surface area contributed by atoms with E-state index in [1.54, 1.807) is 7.05 Å². The molecule has 108 valence electrons. The van der Waals surface area contributed by atoms with Crippen LogP contribution in [0.15, 0.2) is 22.7 Å². The lowest BCUT2D eigenvalue weighted by molar-refractivity contribution is -0.137. The van der Waals surface area contributed by atoms with Crippen LogP contribution < -0.4 is 5.32 Å². The fourth-order valence-corrected chi connectivity index (χ4v) is 2.56. The SMILES string of the molecule is CCCCCC(NC)c1cc(C(F)(F)F)ccc1Br. The maximum absolute atomic E-state index is 12.7. The average Bonchev–Trinajstić information content (AvgIpc) is 2.34. The molecule has 0 fully saturated rings. The van der Waals surface area contributed by atoms with Crippen LogP contribution >= 0.6 is 15.9 Å². The number of rotatable bonds is 6. The van der Waals surface area contributed by atoms with Crippen LogP contribution in [0.25, 0.3) is 0 Å². The first-order chi connectivity index (χ1) is 8.90. The third kappa shape index (κ3) is 4.80. The summed E-state index contributed by atoms with van der Waals surface area (Å²) in [5.41, 5.74) is 0.0786. The minimum Gasteiger partial charge on any atom is -0.313 e. The first-order valence-corrected chi connectivity index (χ1v) is 7.23. The molecule has 1 unspecified atom stereocenters. The van der Waals surface area contributed by atoms with Gasteiger partial charge < -0.3 is 5.32 Å². The van der Waals surface area contributed by atoms with E-state index in [1.165, 1.54) is 12.1 Å². The first kappa shape index (κ1) is 16.5. The molecule has 0 spiro atoms. The van der Waals surface area contributed by atoms with Gasteiger partial charge in [0.15, 0.2) is 0 Å². The molecule has 1 atom stereocenters. The lowest BCUT2D eigenvalue weighted by Crippen LogP contribution is -2.18. The molecule has 1 aromatic rings. The number of hydrogen-bond donors (Lipinski definition) is 1. The number of halogens is 4. The topological polar surface area (TPSA) is 12.0 Å². The third-order valence-corrected chi connectivity index (χ3v) is 3.87. The molecule has 1 aromatic carbocycles. The fourth-order valence-electron chi connectivity index (χ4n) is 2.04. The predicted molar refractivity (Wildman–Crippen MR) is 75.1 cm³/mol. The molecule has 0 aliphatic rings. The van der Waals surface area contributed by atoms with E-state index in [2.05, 4.69) is 28.2 Å². The second kappa shape index (κ2) is 7.29. The normalized spacial score (nSPS) is 13.6. The second-order valence-electron chi connectivity index (χ2n) is 4.57. The van der Waals surface area contributed by atoms with Crippen molar-refractivity contribution in [2.75, 3.05) is 7.05 Å². The highest BCUT2D eigenvalue weighted by Crippen LogP contribution is 2.35. The standard InChI is InChI=1S/C14H19BrF3N/c1-3-4-5-6-13(19-2)11-9-10(14(16,17)18)7-8-12(11)15/h7-9,13,19H,3-6H2,1-2H3. The Bertz CT molecular complexity index is 404. The van der Waals surface area contributed by atoms with Crippen LogP contribution in [-0.4, -0.2) is 7.05 Å². The summed E-state index contributed by atoms with van der Waals surface area (Å²) >= 11 is 3.34. The Balaban J connectivity index is 2.95. The summed E-state index contributed by atoms with van der Waals surface area (Å²) in [6, 6.07) is 3.76. The summed E-state index contributed by atoms with van der Waals surface area (Å²) in [5, 5.41) is 3.10. The number of nitrogens with one attached hydrogen (secondary N) is 1. The molecule has 0 aromatic heterocycles. The van der Waals surface area contributed by atoms with E-state index >= 15 is 0 Å². The summed E-state index contributed by atoms with van der Waals surface area (Å²) in [6.07, 6.45) is -0.263. The van der Waals surface area contributed by atoms with Crippen LogP contribution in [0, 0.1) is 0 Å². The first-order valence-electron chi connectivity index (χ1n) is 6.44. The van der Waals surface area contributed by atoms with Gasteiger partial charge in [0.2, 0.25) is 0 Å². The Kier molecular flexibility index (Phi) is 6.33. The molecule has 1 nitrogen and oxygen atoms in total. The Morgan fingerprint density at radius 2 is 1.95 bits per heavy atom. The van der Waals surface area contributed by atoms with E-state index in [9.17, 15) is 13.2 Å². The lowest BCUT2D eigenvalue weighted by Gasteiger charge is -2.19. The molecule has 5 heteroatoms. The van der Waals surface area contributed by atoms with Crippen LogP contribution in [0.1, 0.15) is 49.8 Å². The number of unbranched alkanes of at least 4 members (excludes halogenated alkanes) is 2. The van der Waals surface area contributed by atoms with Gasteiger partial charge in [-0.25, -0.2) is 0 Å². The molecule has 0 radical (unpaired) electrons. The van der Waals surface area contributed by atoms with Crippen molar-refractivity contribution >= 4 is 15.9 Å². The highest BCUT2D eigenvalue weighted by Gasteiger charge is 2.31. The maximum Gasteiger partial charge on any atom is 0.416 e. The number of benzene rings is 1. The van der Waals surface area contributed by atoms with Crippen LogP contribution in [0.2, 0.25) is 0 Å². The largest absolute Gasteiger partial charge is 0.416 e. The van der Waals surface area contributed by atoms with Gasteiger partial charge in [0.25, 0.3) is 0 Å². The van der Waals surface area contributed by atoms with E-state index in [-0.39, 0.29) is 6.04 Å². The zero-order valence-electron chi connectivity index (χ0n) is 11.1. The van der Waals surface area contributed by atoms with Crippen LogP contribution in [0.3, 0.4) is 0 Å². The van der Waals surface area contributed by atoms with Crippen molar-refractivity contribution < 1.29 is 13.2 Å². The molecule has 0 saturated carbocycles. The van der Waals surface area contributed by atoms with Crippen LogP contribution in [0.4, 0.5) is 13.2 Å². The van der Waals surface area contributed by atoms with Gasteiger partial charge in [0.05, 0.1) is 5.56 Å². The van der Waals surface area contributed by atoms with Crippen molar-refractivity contribution in [2.24, 2.45) is 0 Å². The second-order valence-corrected chi connectivity index (χ2v) is 5.43. The van der Waals surface area contributed by atoms with Crippen molar-refractivity contribution in [3.05, 3.63) is 33.8 Å². The predicted octanol–water partition coefficient (Wildman–Crippen LogP) is 5.31. The Hall–Kier alpha value is -0.550. The molecule has 0 amide bonds. The van der Waals surface area contributed by atoms with Gasteiger partial charge in [-0.2, -0.15) is 13.2 Å². The van der Waals surface area contributed by atoms with Crippen molar-refractivity contribution in [2.45, 2.75) is 44.8 Å². The molecular formula is C14H19BrF3N. The summed E-state index contributed by atoms with van der Waals surface area (Å²) < 4.78 is 38.9. The van der Waals surface area contributed by atoms with Crippen LogP contribution in [-0.2, 0) is 6.18 Å². The zero-order chi connectivity index (χ0) is 14.5. The average molecular weight is 338 g/mol. The van der Waals surface area contributed by atoms with Gasteiger partial charge in [0, 0.05) is 10.5 Å². The van der Waals surface area contributed by atoms with Gasteiger partial charge >= 0.3 is 6.18 Å². The van der Waals surface area contributed by atoms with Crippen molar-refractivity contribution in [1.29, 1.82) is 0 Å². The van der Waals surface area contributed by atoms with E-state index in [0.29, 0.717) is 5.56 Å². The number of hydrogen-bond acceptors (Lipinski definition) is 1. The number of alkyl halides is 3. The maximum atomic E-state index is 12.7. The highest BCUT2D eigenvalue weighted by molar-refractivity contribution is 9.10. The van der Waals surface area contributed by atoms with Gasteiger partial charge in [-0.05, 0) is 37.2 Å². The third-order valence-electron chi connectivity index (χ3n) is 3.14. The quantitative estimate of drug-likeness (QED) is 0.693. The van der Waals surface area contributed by atoms with Gasteiger partial charge in [-0.1, -0.05) is 42.1 Å². The van der Waals surface area contributed by atoms with Gasteiger partial charge in [-0.3, -0.25) is 0 Å². The molecule has 0 aliphatic heterocycles. The summed E-state index contributed by atoms with van der Waals surface area (Å²) in [7, 11) is 1.78. The van der Waals surface area contributed by atoms with Crippen LogP contribution in [0.5, 0.6) is 0 Å². The molecule has 0 aliphatic carbocycles. The van der Waals surface area contributed by atoms with Gasteiger partial charge in [0.1, 0.15) is 0 Å². The molecule has 0 bridgehead atoms. The van der Waals surface area contributed by atoms with Crippen molar-refractivity contribution in [3.63, 3.8) is 0 Å². The highest BCUT2D eigenvalue weighted by atomic mass is 79.9. The van der Waals surface area contributed by atoms with E-state index in [1.807, 2.05) is 0 Å². The Morgan fingerprint density at radius 1 is 1.26 bits per heavy atom. The molecule has 0 saturated heterocycles. The summed E-state index contributed by atoms with van der Waals surface area (Å²) in [6.45, 7) is 2.11. The molecule has 0 heterocycles. The van der Waals surface area contributed by atoms with Crippen molar-refractivity contribution in [3.8, 4) is 0 Å².